The maximum absolute atomic E-state index is 12.2. The largest absolute Gasteiger partial charge is 0.441 e. The first-order chi connectivity index (χ1) is 9.28. The van der Waals surface area contributed by atoms with Crippen LogP contribution >= 0.6 is 11.8 Å². The zero-order chi connectivity index (χ0) is 15.2. The Bertz CT molecular complexity index is 268. The van der Waals surface area contributed by atoms with Gasteiger partial charge in [-0.15, -0.1) is 0 Å². The van der Waals surface area contributed by atoms with Gasteiger partial charge in [-0.25, -0.2) is 0 Å². The highest BCUT2D eigenvalue weighted by atomic mass is 32.2. The molecular weight excluding hydrogens is 283 g/mol. The summed E-state index contributed by atoms with van der Waals surface area (Å²) >= 11 is 0.139. The summed E-state index contributed by atoms with van der Waals surface area (Å²) in [4.78, 5) is 0. The summed E-state index contributed by atoms with van der Waals surface area (Å²) in [5.74, 6) is 2.50. The highest BCUT2D eigenvalue weighted by molar-refractivity contribution is 8.00. The topological polar surface area (TPSA) is 12.0 Å². The first kappa shape index (κ1) is 18.1. The van der Waals surface area contributed by atoms with E-state index in [-0.39, 0.29) is 17.5 Å². The van der Waals surface area contributed by atoms with Crippen LogP contribution in [0.4, 0.5) is 13.2 Å². The average Bonchev–Trinajstić information content (AvgIpc) is 2.29. The normalized spacial score (nSPS) is 28.1. The number of thioether (sulfide) groups is 1. The highest BCUT2D eigenvalue weighted by Gasteiger charge is 2.31. The Balaban J connectivity index is 2.36. The predicted molar refractivity (Wildman–Crippen MR) is 80.8 cm³/mol. The Morgan fingerprint density at radius 1 is 1.20 bits per heavy atom. The number of halogens is 3. The summed E-state index contributed by atoms with van der Waals surface area (Å²) in [5, 5.41) is 3.48. The third-order valence-corrected chi connectivity index (χ3v) is 4.88. The molecule has 120 valence electrons. The van der Waals surface area contributed by atoms with Crippen LogP contribution in [0.15, 0.2) is 0 Å². The lowest BCUT2D eigenvalue weighted by Gasteiger charge is -2.35. The van der Waals surface area contributed by atoms with E-state index in [1.54, 1.807) is 0 Å². The van der Waals surface area contributed by atoms with Crippen molar-refractivity contribution in [2.75, 3.05) is 18.8 Å². The van der Waals surface area contributed by atoms with E-state index in [0.717, 1.165) is 25.9 Å². The quantitative estimate of drug-likeness (QED) is 0.715. The van der Waals surface area contributed by atoms with Crippen molar-refractivity contribution in [2.24, 2.45) is 23.7 Å². The first-order valence-electron chi connectivity index (χ1n) is 7.69. The highest BCUT2D eigenvalue weighted by Crippen LogP contribution is 2.38. The molecule has 0 aliphatic heterocycles. The van der Waals surface area contributed by atoms with Crippen LogP contribution in [-0.4, -0.2) is 24.4 Å². The molecule has 1 aliphatic carbocycles. The molecule has 0 amide bonds. The number of nitrogens with one attached hydrogen (secondary N) is 1. The van der Waals surface area contributed by atoms with E-state index in [1.165, 1.54) is 6.42 Å². The Morgan fingerprint density at radius 2 is 1.90 bits per heavy atom. The first-order valence-corrected chi connectivity index (χ1v) is 8.68. The van der Waals surface area contributed by atoms with E-state index in [1.807, 2.05) is 0 Å². The average molecular weight is 311 g/mol. The molecule has 3 unspecified atom stereocenters. The third-order valence-electron chi connectivity index (χ3n) is 4.12. The van der Waals surface area contributed by atoms with Gasteiger partial charge in [0.1, 0.15) is 0 Å². The fourth-order valence-electron chi connectivity index (χ4n) is 3.07. The molecular formula is C15H28F3NS. The molecule has 1 saturated carbocycles. The Hall–Kier alpha value is 0.100. The predicted octanol–water partition coefficient (Wildman–Crippen LogP) is 4.93. The van der Waals surface area contributed by atoms with E-state index >= 15 is 0 Å². The summed E-state index contributed by atoms with van der Waals surface area (Å²) in [6, 6.07) is 0. The van der Waals surface area contributed by atoms with Crippen molar-refractivity contribution in [3.05, 3.63) is 0 Å². The van der Waals surface area contributed by atoms with Gasteiger partial charge in [0.2, 0.25) is 0 Å². The van der Waals surface area contributed by atoms with Gasteiger partial charge >= 0.3 is 5.51 Å². The van der Waals surface area contributed by atoms with Crippen molar-refractivity contribution in [3.63, 3.8) is 0 Å². The molecule has 1 rings (SSSR count). The van der Waals surface area contributed by atoms with Gasteiger partial charge in [0.05, 0.1) is 0 Å². The van der Waals surface area contributed by atoms with Crippen LogP contribution in [0.3, 0.4) is 0 Å². The molecule has 0 bridgehead atoms. The maximum atomic E-state index is 12.2. The van der Waals surface area contributed by atoms with Gasteiger partial charge in [-0.3, -0.25) is 0 Å². The molecule has 0 saturated heterocycles. The smallest absolute Gasteiger partial charge is 0.316 e. The lowest BCUT2D eigenvalue weighted by Crippen LogP contribution is -2.34. The zero-order valence-corrected chi connectivity index (χ0v) is 13.6. The standard InChI is InChI=1S/C15H28F3NS/c1-11(2)9-19-10-14-5-4-12(3)8-13(14)6-7-20-15(16,17)18/h11-14,19H,4-10H2,1-3H3. The number of hydrogen-bond donors (Lipinski definition) is 1. The Kier molecular flexibility index (Phi) is 7.73. The second kappa shape index (κ2) is 8.52. The van der Waals surface area contributed by atoms with E-state index in [9.17, 15) is 13.2 Å². The van der Waals surface area contributed by atoms with Crippen molar-refractivity contribution >= 4 is 11.8 Å². The van der Waals surface area contributed by atoms with Crippen molar-refractivity contribution in [3.8, 4) is 0 Å². The molecule has 0 aromatic rings. The molecule has 3 atom stereocenters. The van der Waals surface area contributed by atoms with Crippen LogP contribution < -0.4 is 5.32 Å². The van der Waals surface area contributed by atoms with E-state index in [2.05, 4.69) is 26.1 Å². The summed E-state index contributed by atoms with van der Waals surface area (Å²) in [6.07, 6.45) is 4.17. The number of hydrogen-bond acceptors (Lipinski definition) is 2. The molecule has 1 fully saturated rings. The van der Waals surface area contributed by atoms with Crippen LogP contribution in [-0.2, 0) is 0 Å². The minimum Gasteiger partial charge on any atom is -0.316 e. The van der Waals surface area contributed by atoms with Crippen LogP contribution in [0.5, 0.6) is 0 Å². The van der Waals surface area contributed by atoms with Crippen molar-refractivity contribution in [1.29, 1.82) is 0 Å². The minimum absolute atomic E-state index is 0.139. The van der Waals surface area contributed by atoms with Gasteiger partial charge in [-0.05, 0) is 56.0 Å². The minimum atomic E-state index is -4.08. The fourth-order valence-corrected chi connectivity index (χ4v) is 3.72. The summed E-state index contributed by atoms with van der Waals surface area (Å²) in [7, 11) is 0. The lowest BCUT2D eigenvalue weighted by molar-refractivity contribution is -0.0329. The maximum Gasteiger partial charge on any atom is 0.441 e. The van der Waals surface area contributed by atoms with Gasteiger partial charge in [-0.2, -0.15) is 13.2 Å². The van der Waals surface area contributed by atoms with Gasteiger partial charge in [0, 0.05) is 5.75 Å². The SMILES string of the molecule is CC(C)CNCC1CCC(C)CC1CCSC(F)(F)F. The third kappa shape index (κ3) is 7.77. The van der Waals surface area contributed by atoms with Crippen LogP contribution in [0.2, 0.25) is 0 Å². The molecule has 0 aromatic heterocycles. The second-order valence-electron chi connectivity index (χ2n) is 6.57. The van der Waals surface area contributed by atoms with Gasteiger partial charge in [-0.1, -0.05) is 39.0 Å². The summed E-state index contributed by atoms with van der Waals surface area (Å²) in [6.45, 7) is 8.53. The number of rotatable bonds is 7. The van der Waals surface area contributed by atoms with Crippen molar-refractivity contribution < 1.29 is 13.2 Å². The molecule has 0 aromatic carbocycles. The molecule has 0 radical (unpaired) electrons. The molecule has 5 heteroatoms. The van der Waals surface area contributed by atoms with Gasteiger partial charge in [0.25, 0.3) is 0 Å². The fraction of sp³-hybridized carbons (Fsp3) is 1.00. The van der Waals surface area contributed by atoms with Gasteiger partial charge in [0.15, 0.2) is 0 Å². The second-order valence-corrected chi connectivity index (χ2v) is 7.73. The molecule has 1 nitrogen and oxygen atoms in total. The Morgan fingerprint density at radius 3 is 2.50 bits per heavy atom. The molecule has 1 aliphatic rings. The molecule has 20 heavy (non-hydrogen) atoms. The molecule has 0 spiro atoms. The van der Waals surface area contributed by atoms with Crippen LogP contribution in [0.1, 0.15) is 46.5 Å². The van der Waals surface area contributed by atoms with Crippen LogP contribution in [0, 0.1) is 23.7 Å². The van der Waals surface area contributed by atoms with Gasteiger partial charge < -0.3 is 5.32 Å². The van der Waals surface area contributed by atoms with E-state index < -0.39 is 5.51 Å². The molecule has 1 N–H and O–H groups in total. The number of alkyl halides is 3. The van der Waals surface area contributed by atoms with Crippen molar-refractivity contribution in [1.82, 2.24) is 5.32 Å². The van der Waals surface area contributed by atoms with E-state index in [4.69, 9.17) is 0 Å². The monoisotopic (exact) mass is 311 g/mol. The molecule has 0 heterocycles. The zero-order valence-electron chi connectivity index (χ0n) is 12.8. The van der Waals surface area contributed by atoms with Crippen LogP contribution in [0.25, 0.3) is 0 Å². The van der Waals surface area contributed by atoms with Crippen molar-refractivity contribution in [2.45, 2.75) is 52.0 Å². The van der Waals surface area contributed by atoms with E-state index in [0.29, 0.717) is 30.1 Å². The summed E-state index contributed by atoms with van der Waals surface area (Å²) in [5.41, 5.74) is -4.08. The lowest BCUT2D eigenvalue weighted by atomic mass is 9.73. The Labute approximate surface area is 125 Å². The summed E-state index contributed by atoms with van der Waals surface area (Å²) < 4.78 is 36.7.